The Morgan fingerprint density at radius 2 is 1.77 bits per heavy atom. The summed E-state index contributed by atoms with van der Waals surface area (Å²) < 4.78 is 6.12. The molecule has 0 unspecified atom stereocenters. The Kier molecular flexibility index (Phi) is 5.78. The van der Waals surface area contributed by atoms with Gasteiger partial charge >= 0.3 is 0 Å². The maximum absolute atomic E-state index is 12.0. The van der Waals surface area contributed by atoms with Gasteiger partial charge in [-0.1, -0.05) is 40.2 Å². The largest absolute Gasteiger partial charge is 0.497 e. The monoisotopic (exact) mass is 359 g/mol. The van der Waals surface area contributed by atoms with E-state index in [0.29, 0.717) is 0 Å². The van der Waals surface area contributed by atoms with Gasteiger partial charge in [-0.2, -0.15) is 0 Å². The smallest absolute Gasteiger partial charge is 0.244 e. The average Bonchev–Trinajstić information content (AvgIpc) is 2.54. The maximum Gasteiger partial charge on any atom is 0.244 e. The van der Waals surface area contributed by atoms with Crippen LogP contribution in [-0.4, -0.2) is 13.0 Å². The van der Waals surface area contributed by atoms with Crippen molar-refractivity contribution in [2.45, 2.75) is 13.0 Å². The highest BCUT2D eigenvalue weighted by atomic mass is 79.9. The number of hydrogen-bond acceptors (Lipinski definition) is 2. The lowest BCUT2D eigenvalue weighted by Gasteiger charge is -2.12. The molecule has 0 radical (unpaired) electrons. The molecule has 2 aromatic carbocycles. The third-order valence-corrected chi connectivity index (χ3v) is 3.80. The Morgan fingerprint density at radius 3 is 2.36 bits per heavy atom. The van der Waals surface area contributed by atoms with Gasteiger partial charge < -0.3 is 10.1 Å². The Morgan fingerprint density at radius 1 is 1.14 bits per heavy atom. The SMILES string of the molecule is COc1ccc(/C=C/C(=O)N[C@@H](C)c2ccc(Br)cc2)cc1. The molecule has 0 aliphatic heterocycles. The third-order valence-electron chi connectivity index (χ3n) is 3.27. The zero-order valence-corrected chi connectivity index (χ0v) is 14.1. The topological polar surface area (TPSA) is 38.3 Å². The van der Waals surface area contributed by atoms with E-state index in [9.17, 15) is 4.79 Å². The Bertz CT molecular complexity index is 648. The van der Waals surface area contributed by atoms with Crippen molar-refractivity contribution in [3.8, 4) is 5.75 Å². The highest BCUT2D eigenvalue weighted by molar-refractivity contribution is 9.10. The molecule has 0 saturated heterocycles. The summed E-state index contributed by atoms with van der Waals surface area (Å²) in [4.78, 5) is 12.0. The van der Waals surface area contributed by atoms with Crippen molar-refractivity contribution in [2.75, 3.05) is 7.11 Å². The van der Waals surface area contributed by atoms with E-state index in [4.69, 9.17) is 4.74 Å². The second kappa shape index (κ2) is 7.80. The molecule has 1 amide bonds. The van der Waals surface area contributed by atoms with Gasteiger partial charge in [-0.05, 0) is 48.4 Å². The summed E-state index contributed by atoms with van der Waals surface area (Å²) in [6.45, 7) is 1.96. The quantitative estimate of drug-likeness (QED) is 0.806. The van der Waals surface area contributed by atoms with Crippen LogP contribution < -0.4 is 10.1 Å². The molecule has 0 aromatic heterocycles. The molecule has 3 nitrogen and oxygen atoms in total. The van der Waals surface area contributed by atoms with Gasteiger partial charge in [-0.25, -0.2) is 0 Å². The van der Waals surface area contributed by atoms with E-state index >= 15 is 0 Å². The van der Waals surface area contributed by atoms with Crippen molar-refractivity contribution in [1.29, 1.82) is 0 Å². The fraction of sp³-hybridized carbons (Fsp3) is 0.167. The molecule has 0 heterocycles. The second-order valence-electron chi connectivity index (χ2n) is 4.89. The van der Waals surface area contributed by atoms with Gasteiger partial charge in [0.1, 0.15) is 5.75 Å². The second-order valence-corrected chi connectivity index (χ2v) is 5.80. The van der Waals surface area contributed by atoms with Gasteiger partial charge in [0.2, 0.25) is 5.91 Å². The minimum atomic E-state index is -0.119. The number of methoxy groups -OCH3 is 1. The summed E-state index contributed by atoms with van der Waals surface area (Å²) in [5.74, 6) is 0.677. The van der Waals surface area contributed by atoms with Crippen LogP contribution in [0.5, 0.6) is 5.75 Å². The first-order valence-corrected chi connectivity index (χ1v) is 7.76. The highest BCUT2D eigenvalue weighted by Crippen LogP contribution is 2.16. The molecule has 114 valence electrons. The predicted octanol–water partition coefficient (Wildman–Crippen LogP) is 4.35. The van der Waals surface area contributed by atoms with Crippen molar-refractivity contribution in [3.05, 3.63) is 70.2 Å². The number of carbonyl (C=O) groups excluding carboxylic acids is 1. The summed E-state index contributed by atoms with van der Waals surface area (Å²) in [5, 5.41) is 2.94. The lowest BCUT2D eigenvalue weighted by molar-refractivity contribution is -0.117. The molecule has 2 aromatic rings. The summed E-state index contributed by atoms with van der Waals surface area (Å²) >= 11 is 3.40. The summed E-state index contributed by atoms with van der Waals surface area (Å²) in [7, 11) is 1.63. The van der Waals surface area contributed by atoms with Crippen molar-refractivity contribution < 1.29 is 9.53 Å². The van der Waals surface area contributed by atoms with Crippen LogP contribution in [0.15, 0.2) is 59.1 Å². The van der Waals surface area contributed by atoms with Crippen LogP contribution in [0.2, 0.25) is 0 Å². The molecular weight excluding hydrogens is 342 g/mol. The van der Waals surface area contributed by atoms with Crippen molar-refractivity contribution in [2.24, 2.45) is 0 Å². The minimum Gasteiger partial charge on any atom is -0.497 e. The van der Waals surface area contributed by atoms with Crippen molar-refractivity contribution in [3.63, 3.8) is 0 Å². The number of nitrogens with one attached hydrogen (secondary N) is 1. The first-order chi connectivity index (χ1) is 10.6. The molecule has 0 fully saturated rings. The fourth-order valence-corrected chi connectivity index (χ4v) is 2.25. The number of carbonyl (C=O) groups is 1. The number of ether oxygens (including phenoxy) is 1. The third kappa shape index (κ3) is 4.74. The molecule has 0 aliphatic rings. The van der Waals surface area contributed by atoms with E-state index in [2.05, 4.69) is 21.2 Å². The zero-order valence-electron chi connectivity index (χ0n) is 12.5. The van der Waals surface area contributed by atoms with Crippen LogP contribution in [0.25, 0.3) is 6.08 Å². The highest BCUT2D eigenvalue weighted by Gasteiger charge is 2.07. The number of hydrogen-bond donors (Lipinski definition) is 1. The van der Waals surface area contributed by atoms with E-state index in [-0.39, 0.29) is 11.9 Å². The van der Waals surface area contributed by atoms with Gasteiger partial charge in [-0.3, -0.25) is 4.79 Å². The molecular formula is C18H18BrNO2. The van der Waals surface area contributed by atoms with Gasteiger partial charge in [0.05, 0.1) is 13.2 Å². The fourth-order valence-electron chi connectivity index (χ4n) is 1.98. The lowest BCUT2D eigenvalue weighted by Crippen LogP contribution is -2.24. The summed E-state index contributed by atoms with van der Waals surface area (Å²) in [6.07, 6.45) is 3.32. The van der Waals surface area contributed by atoms with Gasteiger partial charge in [0.25, 0.3) is 0 Å². The van der Waals surface area contributed by atoms with Crippen LogP contribution in [0.1, 0.15) is 24.1 Å². The first-order valence-electron chi connectivity index (χ1n) is 6.96. The van der Waals surface area contributed by atoms with Crippen LogP contribution in [0, 0.1) is 0 Å². The van der Waals surface area contributed by atoms with Crippen LogP contribution >= 0.6 is 15.9 Å². The molecule has 0 saturated carbocycles. The predicted molar refractivity (Wildman–Crippen MR) is 92.7 cm³/mol. The molecule has 1 atom stereocenters. The number of rotatable bonds is 5. The minimum absolute atomic E-state index is 0.0406. The first kappa shape index (κ1) is 16.3. The summed E-state index contributed by atoms with van der Waals surface area (Å²) in [6, 6.07) is 15.4. The maximum atomic E-state index is 12.0. The Balaban J connectivity index is 1.93. The molecule has 0 spiro atoms. The van der Waals surface area contributed by atoms with E-state index in [0.717, 1.165) is 21.3 Å². The van der Waals surface area contributed by atoms with E-state index in [1.54, 1.807) is 13.2 Å². The zero-order chi connectivity index (χ0) is 15.9. The molecule has 0 bridgehead atoms. The number of halogens is 1. The average molecular weight is 360 g/mol. The summed E-state index contributed by atoms with van der Waals surface area (Å²) in [5.41, 5.74) is 2.02. The van der Waals surface area contributed by atoms with E-state index in [1.165, 1.54) is 6.08 Å². The van der Waals surface area contributed by atoms with Crippen LogP contribution in [0.4, 0.5) is 0 Å². The van der Waals surface area contributed by atoms with E-state index < -0.39 is 0 Å². The standard InChI is InChI=1S/C18H18BrNO2/c1-13(15-6-8-16(19)9-7-15)20-18(21)12-5-14-3-10-17(22-2)11-4-14/h3-13H,1-2H3,(H,20,21)/b12-5+/t13-/m0/s1. The van der Waals surface area contributed by atoms with Crippen molar-refractivity contribution >= 4 is 27.9 Å². The molecule has 1 N–H and O–H groups in total. The molecule has 0 aliphatic carbocycles. The number of amides is 1. The van der Waals surface area contributed by atoms with Crippen molar-refractivity contribution in [1.82, 2.24) is 5.32 Å². The number of benzene rings is 2. The van der Waals surface area contributed by atoms with E-state index in [1.807, 2.05) is 55.5 Å². The normalized spacial score (nSPS) is 12.1. The molecule has 4 heteroatoms. The Hall–Kier alpha value is -2.07. The molecule has 2 rings (SSSR count). The Labute approximate surface area is 139 Å². The lowest BCUT2D eigenvalue weighted by atomic mass is 10.1. The van der Waals surface area contributed by atoms with Crippen LogP contribution in [-0.2, 0) is 4.79 Å². The van der Waals surface area contributed by atoms with Gasteiger partial charge in [0.15, 0.2) is 0 Å². The molecule has 22 heavy (non-hydrogen) atoms. The van der Waals surface area contributed by atoms with Gasteiger partial charge in [0, 0.05) is 10.5 Å². The van der Waals surface area contributed by atoms with Crippen LogP contribution in [0.3, 0.4) is 0 Å². The van der Waals surface area contributed by atoms with Gasteiger partial charge in [-0.15, -0.1) is 0 Å².